The van der Waals surface area contributed by atoms with Gasteiger partial charge in [0, 0.05) is 12.6 Å². The van der Waals surface area contributed by atoms with Crippen LogP contribution in [0.5, 0.6) is 0 Å². The van der Waals surface area contributed by atoms with Gasteiger partial charge in [0.2, 0.25) is 5.91 Å². The van der Waals surface area contributed by atoms with E-state index in [1.54, 1.807) is 29.2 Å². The number of carbonyl (C=O) groups is 2. The molecule has 3 aromatic rings. The smallest absolute Gasteiger partial charge is 0.272 e. The average molecular weight is 471 g/mol. The van der Waals surface area contributed by atoms with E-state index in [2.05, 4.69) is 31.4 Å². The summed E-state index contributed by atoms with van der Waals surface area (Å²) in [7, 11) is 0. The largest absolute Gasteiger partial charge is 0.368 e. The number of benzene rings is 2. The van der Waals surface area contributed by atoms with Crippen molar-refractivity contribution in [2.45, 2.75) is 12.5 Å². The maximum Gasteiger partial charge on any atom is 0.272 e. The minimum Gasteiger partial charge on any atom is -0.368 e. The monoisotopic (exact) mass is 470 g/mol. The van der Waals surface area contributed by atoms with E-state index >= 15 is 0 Å². The van der Waals surface area contributed by atoms with Gasteiger partial charge in [0.1, 0.15) is 17.6 Å². The normalized spacial score (nSPS) is 15.7. The van der Waals surface area contributed by atoms with Gasteiger partial charge in [0.25, 0.3) is 5.91 Å². The molecule has 4 rings (SSSR count). The number of nitrogens with zero attached hydrogens (tertiary/aromatic N) is 4. The minimum absolute atomic E-state index is 0.0357. The van der Waals surface area contributed by atoms with E-state index in [0.29, 0.717) is 17.1 Å². The highest BCUT2D eigenvalue weighted by Crippen LogP contribution is 2.26. The van der Waals surface area contributed by atoms with Gasteiger partial charge in [-0.2, -0.15) is 10.2 Å². The molecular formula is C20H16BrFN6O2. The van der Waals surface area contributed by atoms with Crippen LogP contribution >= 0.6 is 15.9 Å². The second-order valence-corrected chi connectivity index (χ2v) is 7.48. The van der Waals surface area contributed by atoms with Gasteiger partial charge < -0.3 is 11.1 Å². The van der Waals surface area contributed by atoms with Gasteiger partial charge in [-0.3, -0.25) is 14.6 Å². The first-order valence-electron chi connectivity index (χ1n) is 8.95. The van der Waals surface area contributed by atoms with Crippen molar-refractivity contribution in [2.24, 2.45) is 10.8 Å². The molecule has 10 heteroatoms. The molecule has 1 aromatic heterocycles. The predicted molar refractivity (Wildman–Crippen MR) is 114 cm³/mol. The van der Waals surface area contributed by atoms with Gasteiger partial charge in [0.15, 0.2) is 0 Å². The summed E-state index contributed by atoms with van der Waals surface area (Å²) in [6.07, 6.45) is 3.43. The zero-order valence-corrected chi connectivity index (χ0v) is 17.1. The maximum atomic E-state index is 13.2. The van der Waals surface area contributed by atoms with Gasteiger partial charge in [-0.05, 0) is 52.3 Å². The first kappa shape index (κ1) is 19.8. The number of aromatic nitrogens is 2. The molecule has 1 aliphatic rings. The van der Waals surface area contributed by atoms with E-state index in [-0.39, 0.29) is 12.1 Å². The Bertz CT molecular complexity index is 1140. The zero-order valence-electron chi connectivity index (χ0n) is 15.5. The molecule has 0 saturated heterocycles. The van der Waals surface area contributed by atoms with Crippen molar-refractivity contribution >= 4 is 44.8 Å². The van der Waals surface area contributed by atoms with Crippen LogP contribution in [0.15, 0.2) is 70.5 Å². The van der Waals surface area contributed by atoms with E-state index < -0.39 is 23.7 Å². The molecule has 2 aromatic carbocycles. The molecule has 3 N–H and O–H groups in total. The van der Waals surface area contributed by atoms with Crippen LogP contribution in [0.3, 0.4) is 0 Å². The average Bonchev–Trinajstić information content (AvgIpc) is 3.36. The number of halogens is 2. The number of hydrazone groups is 1. The van der Waals surface area contributed by atoms with Crippen molar-refractivity contribution in [1.29, 1.82) is 0 Å². The van der Waals surface area contributed by atoms with E-state index in [4.69, 9.17) is 5.73 Å². The minimum atomic E-state index is -0.839. The molecule has 0 spiro atoms. The Balaban J connectivity index is 1.60. The molecule has 0 aliphatic carbocycles. The van der Waals surface area contributed by atoms with Crippen LogP contribution < -0.4 is 16.1 Å². The number of hydrogen-bond donors (Lipinski definition) is 2. The molecule has 2 amide bonds. The number of para-hydroxylation sites is 2. The van der Waals surface area contributed by atoms with Crippen LogP contribution in [0.4, 0.5) is 15.8 Å². The number of rotatable bonds is 5. The van der Waals surface area contributed by atoms with E-state index in [1.807, 2.05) is 12.1 Å². The molecule has 0 saturated carbocycles. The van der Waals surface area contributed by atoms with Crippen molar-refractivity contribution in [3.8, 4) is 5.69 Å². The highest BCUT2D eigenvalue weighted by Gasteiger charge is 2.35. The first-order chi connectivity index (χ1) is 14.4. The van der Waals surface area contributed by atoms with Crippen LogP contribution in [0.1, 0.15) is 6.42 Å². The van der Waals surface area contributed by atoms with Gasteiger partial charge >= 0.3 is 0 Å². The lowest BCUT2D eigenvalue weighted by Crippen LogP contribution is -2.39. The number of amides is 2. The second-order valence-electron chi connectivity index (χ2n) is 6.56. The summed E-state index contributed by atoms with van der Waals surface area (Å²) in [5.74, 6) is -1.52. The molecule has 0 fully saturated rings. The lowest BCUT2D eigenvalue weighted by atomic mass is 10.1. The number of nitrogens with two attached hydrogens (primary N) is 1. The van der Waals surface area contributed by atoms with Crippen molar-refractivity contribution in [2.75, 3.05) is 10.3 Å². The number of hydrogen-bond acceptors (Lipinski definition) is 5. The summed E-state index contributed by atoms with van der Waals surface area (Å²) in [4.78, 5) is 24.8. The third-order valence-electron chi connectivity index (χ3n) is 4.54. The lowest BCUT2D eigenvalue weighted by Gasteiger charge is -2.20. The van der Waals surface area contributed by atoms with Crippen LogP contribution in [0.25, 0.3) is 5.69 Å². The maximum absolute atomic E-state index is 13.2. The lowest BCUT2D eigenvalue weighted by molar-refractivity contribution is -0.119. The zero-order chi connectivity index (χ0) is 21.3. The molecule has 1 atom stereocenters. The van der Waals surface area contributed by atoms with Crippen molar-refractivity contribution < 1.29 is 14.0 Å². The summed E-state index contributed by atoms with van der Waals surface area (Å²) in [6, 6.07) is 11.8. The van der Waals surface area contributed by atoms with E-state index in [1.165, 1.54) is 29.3 Å². The third kappa shape index (κ3) is 3.94. The molecular weight excluding hydrogens is 455 g/mol. The Morgan fingerprint density at radius 2 is 1.90 bits per heavy atom. The van der Waals surface area contributed by atoms with Gasteiger partial charge in [-0.15, -0.1) is 0 Å². The molecule has 152 valence electrons. The standard InChI is InChI=1S/C20H16BrFN6O2/c21-12-10-24-27(11-12)17-4-2-1-3-15(17)25-20(30)16-9-18(19(23)29)28(26-16)14-7-5-13(22)6-8-14/h1-8,10-11,18H,9H2,(H2,23,29)(H,25,30). The Kier molecular flexibility index (Phi) is 5.32. The second kappa shape index (κ2) is 8.07. The number of carbonyl (C=O) groups excluding carboxylic acids is 2. The fourth-order valence-electron chi connectivity index (χ4n) is 3.11. The topological polar surface area (TPSA) is 106 Å². The predicted octanol–water partition coefficient (Wildman–Crippen LogP) is 2.83. The third-order valence-corrected chi connectivity index (χ3v) is 4.95. The van der Waals surface area contributed by atoms with Gasteiger partial charge in [-0.1, -0.05) is 12.1 Å². The van der Waals surface area contributed by atoms with Crippen LogP contribution in [0, 0.1) is 5.82 Å². The molecule has 2 heterocycles. The van der Waals surface area contributed by atoms with Gasteiger partial charge in [0.05, 0.1) is 27.7 Å². The Hall–Kier alpha value is -3.53. The SMILES string of the molecule is NC(=O)C1CC(C(=O)Nc2ccccc2-n2cc(Br)cn2)=NN1c1ccc(F)cc1. The summed E-state index contributed by atoms with van der Waals surface area (Å²) >= 11 is 3.35. The Labute approximate surface area is 179 Å². The fraction of sp³-hybridized carbons (Fsp3) is 0.100. The van der Waals surface area contributed by atoms with Crippen LogP contribution in [-0.4, -0.2) is 33.3 Å². The fourth-order valence-corrected chi connectivity index (χ4v) is 3.39. The first-order valence-corrected chi connectivity index (χ1v) is 9.74. The number of anilines is 2. The molecule has 8 nitrogen and oxygen atoms in total. The Morgan fingerprint density at radius 3 is 2.57 bits per heavy atom. The summed E-state index contributed by atoms with van der Waals surface area (Å²) in [6.45, 7) is 0. The van der Waals surface area contributed by atoms with Crippen LogP contribution in [-0.2, 0) is 9.59 Å². The summed E-state index contributed by atoms with van der Waals surface area (Å²) < 4.78 is 15.6. The van der Waals surface area contributed by atoms with Crippen LogP contribution in [0.2, 0.25) is 0 Å². The summed E-state index contributed by atoms with van der Waals surface area (Å²) in [5, 5.41) is 12.7. The summed E-state index contributed by atoms with van der Waals surface area (Å²) in [5.41, 5.74) is 7.29. The number of primary amides is 1. The van der Waals surface area contributed by atoms with Crippen molar-refractivity contribution in [3.63, 3.8) is 0 Å². The quantitative estimate of drug-likeness (QED) is 0.597. The van der Waals surface area contributed by atoms with E-state index in [0.717, 1.165) is 4.47 Å². The molecule has 1 unspecified atom stereocenters. The Morgan fingerprint density at radius 1 is 1.17 bits per heavy atom. The highest BCUT2D eigenvalue weighted by atomic mass is 79.9. The van der Waals surface area contributed by atoms with Gasteiger partial charge in [-0.25, -0.2) is 9.07 Å². The number of nitrogens with one attached hydrogen (secondary N) is 1. The van der Waals surface area contributed by atoms with Crippen molar-refractivity contribution in [1.82, 2.24) is 9.78 Å². The molecule has 0 radical (unpaired) electrons. The molecule has 30 heavy (non-hydrogen) atoms. The molecule has 1 aliphatic heterocycles. The molecule has 0 bridgehead atoms. The van der Waals surface area contributed by atoms with E-state index in [9.17, 15) is 14.0 Å². The highest BCUT2D eigenvalue weighted by molar-refractivity contribution is 9.10. The van der Waals surface area contributed by atoms with Crippen molar-refractivity contribution in [3.05, 3.63) is 71.2 Å².